The van der Waals surface area contributed by atoms with Crippen LogP contribution < -0.4 is 5.73 Å². The lowest BCUT2D eigenvalue weighted by Gasteiger charge is -2.06. The highest BCUT2D eigenvalue weighted by molar-refractivity contribution is 6.03. The van der Waals surface area contributed by atoms with Crippen molar-refractivity contribution in [2.45, 2.75) is 25.9 Å². The van der Waals surface area contributed by atoms with Crippen molar-refractivity contribution in [3.63, 3.8) is 0 Å². The first-order valence-electron chi connectivity index (χ1n) is 6.78. The monoisotopic (exact) mass is 287 g/mol. The molecule has 1 atom stereocenters. The minimum atomic E-state index is -0.325. The van der Waals surface area contributed by atoms with Crippen LogP contribution in [0.1, 0.15) is 12.7 Å². The van der Waals surface area contributed by atoms with Crippen molar-refractivity contribution < 1.29 is 13.9 Å². The molecule has 0 aliphatic rings. The first-order chi connectivity index (χ1) is 10.1. The number of aromatic nitrogens is 2. The summed E-state index contributed by atoms with van der Waals surface area (Å²) in [4.78, 5) is 11.4. The molecular weight excluding hydrogens is 270 g/mol. The minimum Gasteiger partial charge on any atom is -0.469 e. The van der Waals surface area contributed by atoms with Gasteiger partial charge < -0.3 is 14.9 Å². The van der Waals surface area contributed by atoms with E-state index in [1.54, 1.807) is 0 Å². The van der Waals surface area contributed by atoms with Crippen molar-refractivity contribution in [2.24, 2.45) is 5.73 Å². The Labute approximate surface area is 121 Å². The van der Waals surface area contributed by atoms with Crippen molar-refractivity contribution in [3.8, 4) is 0 Å². The molecule has 1 aromatic carbocycles. The Morgan fingerprint density at radius 3 is 3.05 bits per heavy atom. The van der Waals surface area contributed by atoms with Crippen LogP contribution in [-0.2, 0) is 22.5 Å². The van der Waals surface area contributed by atoms with E-state index in [4.69, 9.17) is 10.2 Å². The molecule has 6 heteroatoms. The smallest absolute Gasteiger partial charge is 0.313 e. The van der Waals surface area contributed by atoms with Gasteiger partial charge in [0.2, 0.25) is 0 Å². The van der Waals surface area contributed by atoms with E-state index in [1.807, 2.05) is 36.0 Å². The Hall–Kier alpha value is -2.34. The SMILES string of the molecule is COC(=O)Cc1cc2c(ccc3cnn(CC(C)N)c32)o1. The molecule has 0 amide bonds. The van der Waals surface area contributed by atoms with E-state index in [9.17, 15) is 4.79 Å². The maximum atomic E-state index is 11.4. The summed E-state index contributed by atoms with van der Waals surface area (Å²) in [7, 11) is 1.36. The molecule has 0 fully saturated rings. The van der Waals surface area contributed by atoms with Gasteiger partial charge in [-0.05, 0) is 25.1 Å². The fourth-order valence-corrected chi connectivity index (χ4v) is 2.46. The van der Waals surface area contributed by atoms with Gasteiger partial charge in [0.25, 0.3) is 0 Å². The van der Waals surface area contributed by atoms with Gasteiger partial charge >= 0.3 is 5.97 Å². The second-order valence-corrected chi connectivity index (χ2v) is 5.18. The Balaban J connectivity index is 2.12. The molecule has 21 heavy (non-hydrogen) atoms. The number of methoxy groups -OCH3 is 1. The van der Waals surface area contributed by atoms with Gasteiger partial charge in [-0.2, -0.15) is 5.10 Å². The lowest BCUT2D eigenvalue weighted by molar-refractivity contribution is -0.140. The van der Waals surface area contributed by atoms with Crippen LogP contribution in [0.3, 0.4) is 0 Å². The third kappa shape index (κ3) is 2.50. The molecule has 2 heterocycles. The van der Waals surface area contributed by atoms with Crippen molar-refractivity contribution in [1.82, 2.24) is 9.78 Å². The number of rotatable bonds is 4. The van der Waals surface area contributed by atoms with Gasteiger partial charge in [0.05, 0.1) is 25.4 Å². The van der Waals surface area contributed by atoms with Crippen LogP contribution in [0.2, 0.25) is 0 Å². The van der Waals surface area contributed by atoms with Gasteiger partial charge in [-0.25, -0.2) is 0 Å². The van der Waals surface area contributed by atoms with E-state index in [2.05, 4.69) is 9.84 Å². The topological polar surface area (TPSA) is 83.3 Å². The molecule has 6 nitrogen and oxygen atoms in total. The molecule has 0 radical (unpaired) electrons. The van der Waals surface area contributed by atoms with Crippen LogP contribution in [0.5, 0.6) is 0 Å². The molecule has 0 spiro atoms. The second kappa shape index (κ2) is 5.21. The van der Waals surface area contributed by atoms with Crippen LogP contribution in [-0.4, -0.2) is 28.9 Å². The molecule has 3 rings (SSSR count). The summed E-state index contributed by atoms with van der Waals surface area (Å²) in [5, 5.41) is 6.33. The van der Waals surface area contributed by atoms with E-state index in [0.29, 0.717) is 12.3 Å². The van der Waals surface area contributed by atoms with Gasteiger partial charge in [-0.15, -0.1) is 0 Å². The highest BCUT2D eigenvalue weighted by Crippen LogP contribution is 2.28. The van der Waals surface area contributed by atoms with Crippen LogP contribution in [0, 0.1) is 0 Å². The fourth-order valence-electron chi connectivity index (χ4n) is 2.46. The third-order valence-electron chi connectivity index (χ3n) is 3.36. The van der Waals surface area contributed by atoms with E-state index >= 15 is 0 Å². The fraction of sp³-hybridized carbons (Fsp3) is 0.333. The van der Waals surface area contributed by atoms with Crippen molar-refractivity contribution in [3.05, 3.63) is 30.2 Å². The van der Waals surface area contributed by atoms with Crippen LogP contribution in [0.15, 0.2) is 28.8 Å². The van der Waals surface area contributed by atoms with E-state index < -0.39 is 0 Å². The van der Waals surface area contributed by atoms with Gasteiger partial charge in [-0.3, -0.25) is 9.48 Å². The molecule has 0 aliphatic heterocycles. The number of furan rings is 1. The summed E-state index contributed by atoms with van der Waals surface area (Å²) >= 11 is 0. The molecule has 2 aromatic heterocycles. The molecule has 0 saturated carbocycles. The zero-order valence-electron chi connectivity index (χ0n) is 12.0. The lowest BCUT2D eigenvalue weighted by Crippen LogP contribution is -2.22. The molecule has 0 saturated heterocycles. The number of benzene rings is 1. The summed E-state index contributed by atoms with van der Waals surface area (Å²) in [5.74, 6) is 0.257. The van der Waals surface area contributed by atoms with Gasteiger partial charge in [0.1, 0.15) is 17.8 Å². The largest absolute Gasteiger partial charge is 0.469 e. The number of nitrogens with two attached hydrogens (primary N) is 1. The third-order valence-corrected chi connectivity index (χ3v) is 3.36. The Morgan fingerprint density at radius 1 is 1.52 bits per heavy atom. The summed E-state index contributed by atoms with van der Waals surface area (Å²) in [5.41, 5.74) is 7.57. The molecule has 110 valence electrons. The number of nitrogens with zero attached hydrogens (tertiary/aromatic N) is 2. The van der Waals surface area contributed by atoms with E-state index in [0.717, 1.165) is 21.9 Å². The van der Waals surface area contributed by atoms with Crippen LogP contribution >= 0.6 is 0 Å². The van der Waals surface area contributed by atoms with Gasteiger partial charge in [-0.1, -0.05) is 0 Å². The summed E-state index contributed by atoms with van der Waals surface area (Å²) in [6.07, 6.45) is 1.93. The van der Waals surface area contributed by atoms with Crippen molar-refractivity contribution in [2.75, 3.05) is 7.11 Å². The number of fused-ring (bicyclic) bond motifs is 3. The average molecular weight is 287 g/mol. The molecule has 0 bridgehead atoms. The zero-order chi connectivity index (χ0) is 15.0. The number of ether oxygens (including phenoxy) is 1. The second-order valence-electron chi connectivity index (χ2n) is 5.18. The van der Waals surface area contributed by atoms with Crippen molar-refractivity contribution >= 4 is 27.8 Å². The Kier molecular flexibility index (Phi) is 3.39. The number of esters is 1. The van der Waals surface area contributed by atoms with Gasteiger partial charge in [0, 0.05) is 16.8 Å². The maximum absolute atomic E-state index is 11.4. The number of carbonyl (C=O) groups is 1. The first-order valence-corrected chi connectivity index (χ1v) is 6.78. The Bertz CT molecular complexity index is 801. The zero-order valence-corrected chi connectivity index (χ0v) is 12.0. The number of carbonyl (C=O) groups excluding carboxylic acids is 1. The van der Waals surface area contributed by atoms with E-state index in [-0.39, 0.29) is 18.4 Å². The average Bonchev–Trinajstić information content (AvgIpc) is 3.01. The molecule has 1 unspecified atom stereocenters. The van der Waals surface area contributed by atoms with Crippen LogP contribution in [0.4, 0.5) is 0 Å². The predicted molar refractivity (Wildman–Crippen MR) is 78.9 cm³/mol. The highest BCUT2D eigenvalue weighted by Gasteiger charge is 2.14. The molecule has 3 aromatic rings. The van der Waals surface area contributed by atoms with Crippen LogP contribution in [0.25, 0.3) is 21.9 Å². The van der Waals surface area contributed by atoms with E-state index in [1.165, 1.54) is 7.11 Å². The minimum absolute atomic E-state index is 0.00444. The molecule has 2 N–H and O–H groups in total. The maximum Gasteiger partial charge on any atom is 0.313 e. The molecular formula is C15H17N3O3. The van der Waals surface area contributed by atoms with Gasteiger partial charge in [0.15, 0.2) is 0 Å². The quantitative estimate of drug-likeness (QED) is 0.740. The number of hydrogen-bond acceptors (Lipinski definition) is 5. The summed E-state index contributed by atoms with van der Waals surface area (Å²) in [6.45, 7) is 2.56. The standard InChI is InChI=1S/C15H17N3O3/c1-9(16)8-18-15-10(7-17-18)3-4-13-12(15)5-11(21-13)6-14(19)20-2/h3-5,7,9H,6,8,16H2,1-2H3. The predicted octanol–water partition coefficient (Wildman–Crippen LogP) is 1.85. The lowest BCUT2D eigenvalue weighted by atomic mass is 10.1. The summed E-state index contributed by atoms with van der Waals surface area (Å²) < 4.78 is 12.2. The molecule has 0 aliphatic carbocycles. The normalized spacial score (nSPS) is 12.9. The summed E-state index contributed by atoms with van der Waals surface area (Å²) in [6, 6.07) is 5.71. The Morgan fingerprint density at radius 2 is 2.33 bits per heavy atom. The van der Waals surface area contributed by atoms with Crippen molar-refractivity contribution in [1.29, 1.82) is 0 Å². The number of hydrogen-bond donors (Lipinski definition) is 1. The first kappa shape index (κ1) is 13.6. The highest BCUT2D eigenvalue weighted by atomic mass is 16.5.